The minimum absolute atomic E-state index is 0.217. The van der Waals surface area contributed by atoms with Crippen molar-refractivity contribution < 1.29 is 9.50 Å². The number of nitrogens with zero attached hydrogens (tertiary/aromatic N) is 1. The lowest BCUT2D eigenvalue weighted by Gasteiger charge is -2.19. The highest BCUT2D eigenvalue weighted by molar-refractivity contribution is 9.10. The zero-order chi connectivity index (χ0) is 15.2. The summed E-state index contributed by atoms with van der Waals surface area (Å²) in [6.45, 7) is 1.50. The summed E-state index contributed by atoms with van der Waals surface area (Å²) < 4.78 is 13.8. The van der Waals surface area contributed by atoms with Crippen LogP contribution in [0, 0.1) is 5.82 Å². The van der Waals surface area contributed by atoms with Gasteiger partial charge in [0.05, 0.1) is 6.10 Å². The maximum atomic E-state index is 12.9. The first-order valence-corrected chi connectivity index (χ1v) is 7.71. The Morgan fingerprint density at radius 1 is 1.14 bits per heavy atom. The van der Waals surface area contributed by atoms with Gasteiger partial charge >= 0.3 is 0 Å². The van der Waals surface area contributed by atoms with E-state index in [0.29, 0.717) is 6.42 Å². The monoisotopic (exact) mass is 351 g/mol. The third-order valence-corrected chi connectivity index (χ3v) is 4.14. The van der Waals surface area contributed by atoms with Crippen molar-refractivity contribution in [2.45, 2.75) is 19.1 Å². The topological polar surface area (TPSA) is 23.5 Å². The lowest BCUT2D eigenvalue weighted by Crippen LogP contribution is -2.21. The molecule has 0 aliphatic heterocycles. The second kappa shape index (κ2) is 7.69. The van der Waals surface area contributed by atoms with Gasteiger partial charge in [-0.15, -0.1) is 0 Å². The molecule has 0 aromatic heterocycles. The molecule has 4 heteroatoms. The van der Waals surface area contributed by atoms with Crippen LogP contribution in [0.25, 0.3) is 0 Å². The summed E-state index contributed by atoms with van der Waals surface area (Å²) in [5.74, 6) is -0.217. The molecule has 1 N–H and O–H groups in total. The van der Waals surface area contributed by atoms with E-state index in [1.54, 1.807) is 12.1 Å². The Balaban J connectivity index is 1.85. The molecule has 0 aliphatic carbocycles. The molecular weight excluding hydrogens is 333 g/mol. The van der Waals surface area contributed by atoms with Crippen LogP contribution in [0.3, 0.4) is 0 Å². The van der Waals surface area contributed by atoms with E-state index in [9.17, 15) is 9.50 Å². The number of aliphatic hydroxyl groups excluding tert-OH is 1. The van der Waals surface area contributed by atoms with Crippen LogP contribution in [-0.2, 0) is 6.54 Å². The van der Waals surface area contributed by atoms with Gasteiger partial charge in [0.2, 0.25) is 0 Å². The van der Waals surface area contributed by atoms with Crippen molar-refractivity contribution in [2.24, 2.45) is 0 Å². The molecule has 0 saturated carbocycles. The first-order valence-electron chi connectivity index (χ1n) is 6.92. The second-order valence-corrected chi connectivity index (χ2v) is 6.04. The quantitative estimate of drug-likeness (QED) is 0.845. The molecule has 0 radical (unpaired) electrons. The van der Waals surface area contributed by atoms with E-state index in [1.807, 2.05) is 31.3 Å². The van der Waals surface area contributed by atoms with E-state index >= 15 is 0 Å². The number of hydrogen-bond acceptors (Lipinski definition) is 2. The predicted octanol–water partition coefficient (Wildman–Crippen LogP) is 4.14. The Morgan fingerprint density at radius 2 is 1.81 bits per heavy atom. The fourth-order valence-electron chi connectivity index (χ4n) is 2.22. The summed E-state index contributed by atoms with van der Waals surface area (Å²) in [4.78, 5) is 2.12. The smallest absolute Gasteiger partial charge is 0.123 e. The summed E-state index contributed by atoms with van der Waals surface area (Å²) in [6.07, 6.45) is 0.163. The molecule has 0 bridgehead atoms. The van der Waals surface area contributed by atoms with Crippen LogP contribution in [0.4, 0.5) is 4.39 Å². The van der Waals surface area contributed by atoms with Gasteiger partial charge in [0.25, 0.3) is 0 Å². The highest BCUT2D eigenvalue weighted by atomic mass is 79.9. The molecule has 0 heterocycles. The van der Waals surface area contributed by atoms with E-state index in [2.05, 4.69) is 20.8 Å². The number of hydrogen-bond donors (Lipinski definition) is 1. The van der Waals surface area contributed by atoms with Crippen LogP contribution in [-0.4, -0.2) is 23.6 Å². The lowest BCUT2D eigenvalue weighted by molar-refractivity contribution is 0.147. The molecule has 0 spiro atoms. The van der Waals surface area contributed by atoms with Crippen molar-refractivity contribution in [3.05, 3.63) is 69.9 Å². The van der Waals surface area contributed by atoms with E-state index < -0.39 is 6.10 Å². The number of halogens is 2. The van der Waals surface area contributed by atoms with E-state index in [0.717, 1.165) is 28.7 Å². The lowest BCUT2D eigenvalue weighted by atomic mass is 10.1. The van der Waals surface area contributed by atoms with Gasteiger partial charge in [-0.25, -0.2) is 4.39 Å². The summed E-state index contributed by atoms with van der Waals surface area (Å²) >= 11 is 3.46. The average molecular weight is 352 g/mol. The van der Waals surface area contributed by atoms with Gasteiger partial charge in [-0.2, -0.15) is 0 Å². The summed E-state index contributed by atoms with van der Waals surface area (Å²) in [6, 6.07) is 14.2. The molecule has 21 heavy (non-hydrogen) atoms. The van der Waals surface area contributed by atoms with Gasteiger partial charge in [-0.1, -0.05) is 46.3 Å². The van der Waals surface area contributed by atoms with Crippen molar-refractivity contribution in [1.29, 1.82) is 0 Å². The minimum Gasteiger partial charge on any atom is -0.388 e. The molecule has 0 saturated heterocycles. The van der Waals surface area contributed by atoms with Crippen molar-refractivity contribution in [1.82, 2.24) is 4.90 Å². The van der Waals surface area contributed by atoms with Crippen molar-refractivity contribution in [2.75, 3.05) is 13.6 Å². The van der Waals surface area contributed by atoms with Gasteiger partial charge in [0, 0.05) is 17.6 Å². The third kappa shape index (κ3) is 4.92. The summed E-state index contributed by atoms with van der Waals surface area (Å²) in [5.41, 5.74) is 1.97. The molecule has 2 aromatic carbocycles. The van der Waals surface area contributed by atoms with Gasteiger partial charge in [0.1, 0.15) is 5.82 Å². The third-order valence-electron chi connectivity index (χ3n) is 3.41. The van der Waals surface area contributed by atoms with Crippen LogP contribution in [0.2, 0.25) is 0 Å². The first-order chi connectivity index (χ1) is 10.1. The van der Waals surface area contributed by atoms with Crippen molar-refractivity contribution >= 4 is 15.9 Å². The normalized spacial score (nSPS) is 12.6. The molecular formula is C17H19BrFNO. The van der Waals surface area contributed by atoms with E-state index in [1.165, 1.54) is 12.1 Å². The highest BCUT2D eigenvalue weighted by Gasteiger charge is 2.11. The summed E-state index contributed by atoms with van der Waals surface area (Å²) in [5, 5.41) is 10.2. The number of rotatable bonds is 6. The number of benzene rings is 2. The molecule has 112 valence electrons. The standard InChI is InChI=1S/C17H19BrFNO/c1-20(12-13-6-8-14(19)9-7-13)11-10-17(21)15-4-2-3-5-16(15)18/h2-9,17,21H,10-12H2,1H3. The van der Waals surface area contributed by atoms with Crippen LogP contribution >= 0.6 is 15.9 Å². The molecule has 0 amide bonds. The first kappa shape index (κ1) is 16.1. The molecule has 2 aromatic rings. The van der Waals surface area contributed by atoms with Crippen LogP contribution < -0.4 is 0 Å². The van der Waals surface area contributed by atoms with Gasteiger partial charge < -0.3 is 10.0 Å². The van der Waals surface area contributed by atoms with E-state index in [4.69, 9.17) is 0 Å². The fourth-order valence-corrected chi connectivity index (χ4v) is 2.77. The zero-order valence-corrected chi connectivity index (χ0v) is 13.6. The molecule has 1 unspecified atom stereocenters. The largest absolute Gasteiger partial charge is 0.388 e. The Morgan fingerprint density at radius 3 is 2.48 bits per heavy atom. The van der Waals surface area contributed by atoms with E-state index in [-0.39, 0.29) is 5.82 Å². The number of aliphatic hydroxyl groups is 1. The maximum Gasteiger partial charge on any atom is 0.123 e. The fraction of sp³-hybridized carbons (Fsp3) is 0.294. The van der Waals surface area contributed by atoms with Gasteiger partial charge in [0.15, 0.2) is 0 Å². The Kier molecular flexibility index (Phi) is 5.91. The SMILES string of the molecule is CN(CCC(O)c1ccccc1Br)Cc1ccc(F)cc1. The second-order valence-electron chi connectivity index (χ2n) is 5.19. The van der Waals surface area contributed by atoms with Gasteiger partial charge in [-0.3, -0.25) is 0 Å². The molecule has 1 atom stereocenters. The van der Waals surface area contributed by atoms with Crippen molar-refractivity contribution in [3.63, 3.8) is 0 Å². The molecule has 2 nitrogen and oxygen atoms in total. The molecule has 0 aliphatic rings. The Bertz CT molecular complexity index is 573. The average Bonchev–Trinajstić information content (AvgIpc) is 2.48. The zero-order valence-electron chi connectivity index (χ0n) is 12.0. The van der Waals surface area contributed by atoms with Crippen LogP contribution in [0.1, 0.15) is 23.7 Å². The Labute approximate surface area is 133 Å². The Hall–Kier alpha value is -1.23. The molecule has 0 fully saturated rings. The predicted molar refractivity (Wildman–Crippen MR) is 86.5 cm³/mol. The molecule has 2 rings (SSSR count). The minimum atomic E-state index is -0.490. The maximum absolute atomic E-state index is 12.9. The van der Waals surface area contributed by atoms with Gasteiger partial charge in [-0.05, 0) is 42.8 Å². The highest BCUT2D eigenvalue weighted by Crippen LogP contribution is 2.25. The van der Waals surface area contributed by atoms with Crippen molar-refractivity contribution in [3.8, 4) is 0 Å². The van der Waals surface area contributed by atoms with Crippen LogP contribution in [0.15, 0.2) is 53.0 Å². The van der Waals surface area contributed by atoms with Crippen LogP contribution in [0.5, 0.6) is 0 Å². The summed E-state index contributed by atoms with van der Waals surface area (Å²) in [7, 11) is 2.00.